The zero-order valence-electron chi connectivity index (χ0n) is 10.1. The molecule has 1 heterocycles. The molecule has 1 N–H and O–H groups in total. The molecule has 5 nitrogen and oxygen atoms in total. The maximum atomic E-state index is 11.6. The maximum absolute atomic E-state index is 11.6. The SMILES string of the molecule is COCCNCC(=O)N(C)Cc1ccco1.Cl. The summed E-state index contributed by atoms with van der Waals surface area (Å²) in [5.74, 6) is 0.820. The summed E-state index contributed by atoms with van der Waals surface area (Å²) in [6, 6.07) is 3.66. The largest absolute Gasteiger partial charge is 0.467 e. The van der Waals surface area contributed by atoms with E-state index in [0.29, 0.717) is 26.2 Å². The second-order valence-electron chi connectivity index (χ2n) is 3.50. The van der Waals surface area contributed by atoms with E-state index in [9.17, 15) is 4.79 Å². The van der Waals surface area contributed by atoms with Crippen molar-refractivity contribution in [2.75, 3.05) is 33.9 Å². The fourth-order valence-electron chi connectivity index (χ4n) is 1.23. The van der Waals surface area contributed by atoms with E-state index < -0.39 is 0 Å². The first-order chi connectivity index (χ1) is 7.74. The van der Waals surface area contributed by atoms with Gasteiger partial charge in [0.2, 0.25) is 5.91 Å². The Morgan fingerprint density at radius 1 is 1.59 bits per heavy atom. The van der Waals surface area contributed by atoms with Gasteiger partial charge in [-0.05, 0) is 12.1 Å². The van der Waals surface area contributed by atoms with Crippen LogP contribution in [0.2, 0.25) is 0 Å². The van der Waals surface area contributed by atoms with Crippen molar-refractivity contribution in [3.63, 3.8) is 0 Å². The number of amides is 1. The van der Waals surface area contributed by atoms with Crippen LogP contribution in [0.4, 0.5) is 0 Å². The average molecular weight is 263 g/mol. The summed E-state index contributed by atoms with van der Waals surface area (Å²) in [7, 11) is 3.38. The van der Waals surface area contributed by atoms with Crippen molar-refractivity contribution in [3.8, 4) is 0 Å². The molecule has 0 fully saturated rings. The van der Waals surface area contributed by atoms with Crippen molar-refractivity contribution >= 4 is 18.3 Å². The summed E-state index contributed by atoms with van der Waals surface area (Å²) in [5.41, 5.74) is 0. The van der Waals surface area contributed by atoms with Gasteiger partial charge < -0.3 is 19.4 Å². The molecule has 1 aromatic heterocycles. The smallest absolute Gasteiger partial charge is 0.236 e. The first-order valence-corrected chi connectivity index (χ1v) is 5.20. The first kappa shape index (κ1) is 16.0. The Balaban J connectivity index is 0.00000256. The third-order valence-electron chi connectivity index (χ3n) is 2.16. The number of nitrogens with one attached hydrogen (secondary N) is 1. The van der Waals surface area contributed by atoms with Crippen LogP contribution in [0.15, 0.2) is 22.8 Å². The molecule has 0 aliphatic rings. The topological polar surface area (TPSA) is 54.7 Å². The molecule has 0 aliphatic heterocycles. The predicted molar refractivity (Wildman–Crippen MR) is 67.2 cm³/mol. The van der Waals surface area contributed by atoms with Gasteiger partial charge in [-0.2, -0.15) is 0 Å². The molecule has 0 bridgehead atoms. The lowest BCUT2D eigenvalue weighted by Crippen LogP contribution is -2.36. The number of ether oxygens (including phenoxy) is 1. The Hall–Kier alpha value is -1.04. The van der Waals surface area contributed by atoms with Gasteiger partial charge in [0.05, 0.1) is 26.0 Å². The van der Waals surface area contributed by atoms with E-state index in [0.717, 1.165) is 5.76 Å². The highest BCUT2D eigenvalue weighted by atomic mass is 35.5. The molecule has 17 heavy (non-hydrogen) atoms. The monoisotopic (exact) mass is 262 g/mol. The van der Waals surface area contributed by atoms with E-state index >= 15 is 0 Å². The van der Waals surface area contributed by atoms with Crippen LogP contribution in [0.3, 0.4) is 0 Å². The summed E-state index contributed by atoms with van der Waals surface area (Å²) < 4.78 is 10.0. The number of hydrogen-bond acceptors (Lipinski definition) is 4. The lowest BCUT2D eigenvalue weighted by molar-refractivity contribution is -0.129. The zero-order chi connectivity index (χ0) is 11.8. The second kappa shape index (κ2) is 9.04. The van der Waals surface area contributed by atoms with Crippen LogP contribution in [-0.2, 0) is 16.1 Å². The Labute approximate surface area is 108 Å². The van der Waals surface area contributed by atoms with Gasteiger partial charge in [-0.3, -0.25) is 4.79 Å². The van der Waals surface area contributed by atoms with Crippen molar-refractivity contribution in [1.29, 1.82) is 0 Å². The molecule has 0 saturated heterocycles. The van der Waals surface area contributed by atoms with Crippen molar-refractivity contribution in [2.45, 2.75) is 6.54 Å². The lowest BCUT2D eigenvalue weighted by Gasteiger charge is -2.15. The number of carbonyl (C=O) groups excluding carboxylic acids is 1. The predicted octanol–water partition coefficient (Wildman–Crippen LogP) is 0.896. The van der Waals surface area contributed by atoms with E-state index in [2.05, 4.69) is 5.32 Å². The molecule has 0 aliphatic carbocycles. The summed E-state index contributed by atoms with van der Waals surface area (Å²) in [5, 5.41) is 3.00. The third-order valence-corrected chi connectivity index (χ3v) is 2.16. The van der Waals surface area contributed by atoms with Crippen LogP contribution in [0.1, 0.15) is 5.76 Å². The Bertz CT molecular complexity index is 304. The molecular weight excluding hydrogens is 244 g/mol. The number of methoxy groups -OCH3 is 1. The van der Waals surface area contributed by atoms with Gasteiger partial charge >= 0.3 is 0 Å². The van der Waals surface area contributed by atoms with Crippen molar-refractivity contribution < 1.29 is 13.9 Å². The van der Waals surface area contributed by atoms with Gasteiger partial charge in [0, 0.05) is 20.7 Å². The van der Waals surface area contributed by atoms with Gasteiger partial charge in [0.25, 0.3) is 0 Å². The number of carbonyl (C=O) groups is 1. The van der Waals surface area contributed by atoms with Crippen LogP contribution >= 0.6 is 12.4 Å². The summed E-state index contributed by atoms with van der Waals surface area (Å²) >= 11 is 0. The molecule has 1 rings (SSSR count). The quantitative estimate of drug-likeness (QED) is 0.742. The number of hydrogen-bond donors (Lipinski definition) is 1. The Kier molecular flexibility index (Phi) is 8.49. The lowest BCUT2D eigenvalue weighted by atomic mass is 10.4. The highest BCUT2D eigenvalue weighted by Gasteiger charge is 2.09. The zero-order valence-corrected chi connectivity index (χ0v) is 11.0. The maximum Gasteiger partial charge on any atom is 0.236 e. The Morgan fingerprint density at radius 3 is 2.94 bits per heavy atom. The fraction of sp³-hybridized carbons (Fsp3) is 0.545. The number of furan rings is 1. The molecule has 0 saturated carbocycles. The molecule has 6 heteroatoms. The van der Waals surface area contributed by atoms with Gasteiger partial charge in [-0.1, -0.05) is 0 Å². The van der Waals surface area contributed by atoms with Crippen molar-refractivity contribution in [1.82, 2.24) is 10.2 Å². The molecule has 98 valence electrons. The van der Waals surface area contributed by atoms with Crippen LogP contribution in [-0.4, -0.2) is 44.7 Å². The minimum absolute atomic E-state index is 0. The molecule has 1 aromatic rings. The highest BCUT2D eigenvalue weighted by molar-refractivity contribution is 5.85. The first-order valence-electron chi connectivity index (χ1n) is 5.20. The van der Waals surface area contributed by atoms with E-state index in [4.69, 9.17) is 9.15 Å². The van der Waals surface area contributed by atoms with Crippen LogP contribution in [0.25, 0.3) is 0 Å². The summed E-state index contributed by atoms with van der Waals surface area (Å²) in [4.78, 5) is 13.2. The molecule has 0 spiro atoms. The van der Waals surface area contributed by atoms with Crippen LogP contribution in [0.5, 0.6) is 0 Å². The molecular formula is C11H19ClN2O3. The number of rotatable bonds is 7. The summed E-state index contributed by atoms with van der Waals surface area (Å²) in [6.07, 6.45) is 1.60. The second-order valence-corrected chi connectivity index (χ2v) is 3.50. The van der Waals surface area contributed by atoms with E-state index in [1.54, 1.807) is 25.3 Å². The van der Waals surface area contributed by atoms with E-state index in [-0.39, 0.29) is 18.3 Å². The number of halogens is 1. The highest BCUT2D eigenvalue weighted by Crippen LogP contribution is 2.03. The number of likely N-dealkylation sites (N-methyl/N-ethyl adjacent to an activating group) is 1. The molecule has 0 unspecified atom stereocenters. The minimum Gasteiger partial charge on any atom is -0.467 e. The molecule has 0 aromatic carbocycles. The molecule has 0 atom stereocenters. The van der Waals surface area contributed by atoms with Crippen molar-refractivity contribution in [2.24, 2.45) is 0 Å². The van der Waals surface area contributed by atoms with Gasteiger partial charge in [0.15, 0.2) is 0 Å². The van der Waals surface area contributed by atoms with E-state index in [1.165, 1.54) is 0 Å². The van der Waals surface area contributed by atoms with Crippen LogP contribution in [0, 0.1) is 0 Å². The summed E-state index contributed by atoms with van der Waals surface area (Å²) in [6.45, 7) is 2.10. The number of nitrogens with zero attached hydrogens (tertiary/aromatic N) is 1. The fourth-order valence-corrected chi connectivity index (χ4v) is 1.23. The van der Waals surface area contributed by atoms with Crippen molar-refractivity contribution in [3.05, 3.63) is 24.2 Å². The average Bonchev–Trinajstić information content (AvgIpc) is 2.76. The normalized spacial score (nSPS) is 9.76. The Morgan fingerprint density at radius 2 is 2.35 bits per heavy atom. The minimum atomic E-state index is 0. The van der Waals surface area contributed by atoms with Gasteiger partial charge in [-0.15, -0.1) is 12.4 Å². The third kappa shape index (κ3) is 6.31. The molecule has 1 amide bonds. The van der Waals surface area contributed by atoms with E-state index in [1.807, 2.05) is 12.1 Å². The van der Waals surface area contributed by atoms with Gasteiger partial charge in [0.1, 0.15) is 5.76 Å². The van der Waals surface area contributed by atoms with Crippen LogP contribution < -0.4 is 5.32 Å². The standard InChI is InChI=1S/C11H18N2O3.ClH/c1-13(9-10-4-3-6-16-10)11(14)8-12-5-7-15-2;/h3-4,6,12H,5,7-9H2,1-2H3;1H. The van der Waals surface area contributed by atoms with Gasteiger partial charge in [-0.25, -0.2) is 0 Å². The molecule has 0 radical (unpaired) electrons.